The van der Waals surface area contributed by atoms with E-state index < -0.39 is 12.1 Å². The molecule has 2 aromatic carbocycles. The summed E-state index contributed by atoms with van der Waals surface area (Å²) in [6, 6.07) is 16.5. The average molecular weight is 480 g/mol. The van der Waals surface area contributed by atoms with Crippen molar-refractivity contribution >= 4 is 5.97 Å². The Labute approximate surface area is 209 Å². The number of rotatable bonds is 12. The number of unbranched alkanes of at least 4 members (excludes halogenated alkanes) is 3. The summed E-state index contributed by atoms with van der Waals surface area (Å²) in [7, 11) is 0. The average Bonchev–Trinajstić information content (AvgIpc) is 2.90. The van der Waals surface area contributed by atoms with Gasteiger partial charge < -0.3 is 9.47 Å². The van der Waals surface area contributed by atoms with Gasteiger partial charge in [0.15, 0.2) is 6.17 Å². The lowest BCUT2D eigenvalue weighted by molar-refractivity contribution is -0.157. The number of nitrogens with zero attached hydrogens (tertiary/aromatic N) is 1. The van der Waals surface area contributed by atoms with Gasteiger partial charge in [-0.3, -0.25) is 0 Å². The molecule has 0 unspecified atom stereocenters. The number of carbonyl (C=O) groups excluding carboxylic acids is 1. The third-order valence-corrected chi connectivity index (χ3v) is 6.84. The molecule has 0 spiro atoms. The van der Waals surface area contributed by atoms with Crippen LogP contribution in [-0.4, -0.2) is 24.9 Å². The quantitative estimate of drug-likeness (QED) is 0.229. The number of ether oxygens (including phenoxy) is 2. The van der Waals surface area contributed by atoms with E-state index in [4.69, 9.17) is 9.47 Å². The van der Waals surface area contributed by atoms with Crippen LogP contribution in [0.15, 0.2) is 42.5 Å². The van der Waals surface area contributed by atoms with Crippen LogP contribution in [0.1, 0.15) is 95.1 Å². The number of benzene rings is 2. The number of halogens is 1. The van der Waals surface area contributed by atoms with Gasteiger partial charge in [0, 0.05) is 0 Å². The van der Waals surface area contributed by atoms with E-state index in [0.717, 1.165) is 62.5 Å². The van der Waals surface area contributed by atoms with E-state index in [1.165, 1.54) is 5.56 Å². The zero-order valence-electron chi connectivity index (χ0n) is 21.1. The molecule has 3 rings (SSSR count). The Kier molecular flexibility index (Phi) is 10.6. The summed E-state index contributed by atoms with van der Waals surface area (Å²) < 4.78 is 25.1. The highest BCUT2D eigenvalue weighted by molar-refractivity contribution is 5.74. The van der Waals surface area contributed by atoms with Crippen LogP contribution in [-0.2, 0) is 9.53 Å². The van der Waals surface area contributed by atoms with Crippen molar-refractivity contribution in [3.63, 3.8) is 0 Å². The van der Waals surface area contributed by atoms with Crippen LogP contribution in [0.3, 0.4) is 0 Å². The van der Waals surface area contributed by atoms with Crippen LogP contribution in [0, 0.1) is 11.3 Å². The highest BCUT2D eigenvalue weighted by atomic mass is 19.1. The Balaban J connectivity index is 1.54. The van der Waals surface area contributed by atoms with E-state index in [1.807, 2.05) is 25.1 Å². The summed E-state index contributed by atoms with van der Waals surface area (Å²) in [6.07, 6.45) is 6.78. The summed E-state index contributed by atoms with van der Waals surface area (Å²) in [6.45, 7) is 4.77. The molecule has 1 atom stereocenters. The summed E-state index contributed by atoms with van der Waals surface area (Å²) in [5.74, 6) is 0.361. The molecule has 4 nitrogen and oxygen atoms in total. The van der Waals surface area contributed by atoms with Gasteiger partial charge in [-0.05, 0) is 73.3 Å². The molecule has 1 aliphatic carbocycles. The molecule has 35 heavy (non-hydrogen) atoms. The molecular formula is C30H38FNO3. The molecule has 5 heteroatoms. The fourth-order valence-electron chi connectivity index (χ4n) is 4.66. The van der Waals surface area contributed by atoms with Crippen molar-refractivity contribution in [1.82, 2.24) is 0 Å². The molecule has 0 amide bonds. The predicted molar refractivity (Wildman–Crippen MR) is 137 cm³/mol. The highest BCUT2D eigenvalue weighted by Crippen LogP contribution is 2.35. The molecule has 0 N–H and O–H groups in total. The van der Waals surface area contributed by atoms with E-state index in [9.17, 15) is 14.4 Å². The smallest absolute Gasteiger partial charge is 0.340 e. The van der Waals surface area contributed by atoms with Crippen molar-refractivity contribution in [2.24, 2.45) is 0 Å². The number of alkyl halides is 1. The van der Waals surface area contributed by atoms with Crippen molar-refractivity contribution < 1.29 is 18.7 Å². The first-order valence-corrected chi connectivity index (χ1v) is 13.2. The number of esters is 1. The first-order valence-electron chi connectivity index (χ1n) is 13.2. The van der Waals surface area contributed by atoms with E-state index in [0.29, 0.717) is 30.3 Å². The van der Waals surface area contributed by atoms with E-state index in [1.54, 1.807) is 0 Å². The minimum Gasteiger partial charge on any atom is -0.492 e. The molecule has 0 radical (unpaired) electrons. The molecular weight excluding hydrogens is 441 g/mol. The third-order valence-electron chi connectivity index (χ3n) is 6.84. The number of carbonyl (C=O) groups is 1. The van der Waals surface area contributed by atoms with Crippen molar-refractivity contribution in [2.45, 2.75) is 96.2 Å². The maximum Gasteiger partial charge on any atom is 0.340 e. The Bertz CT molecular complexity index is 974. The molecule has 0 heterocycles. The van der Waals surface area contributed by atoms with E-state index in [-0.39, 0.29) is 12.5 Å². The van der Waals surface area contributed by atoms with Crippen molar-refractivity contribution in [2.75, 3.05) is 6.61 Å². The first-order chi connectivity index (χ1) is 17.0. The molecule has 2 aromatic rings. The van der Waals surface area contributed by atoms with Crippen LogP contribution in [0.25, 0.3) is 11.1 Å². The second kappa shape index (κ2) is 13.9. The van der Waals surface area contributed by atoms with Gasteiger partial charge >= 0.3 is 5.97 Å². The molecule has 0 bridgehead atoms. The molecule has 1 saturated carbocycles. The molecule has 188 valence electrons. The maximum absolute atomic E-state index is 13.9. The van der Waals surface area contributed by atoms with E-state index in [2.05, 4.69) is 37.3 Å². The maximum atomic E-state index is 13.9. The van der Waals surface area contributed by atoms with E-state index >= 15 is 0 Å². The van der Waals surface area contributed by atoms with Crippen LogP contribution in [0.2, 0.25) is 0 Å². The molecule has 0 aliphatic heterocycles. The normalized spacial score (nSPS) is 18.5. The van der Waals surface area contributed by atoms with Crippen molar-refractivity contribution in [3.05, 3.63) is 53.6 Å². The summed E-state index contributed by atoms with van der Waals surface area (Å²) in [5, 5.41) is 9.57. The Hall–Kier alpha value is -2.87. The fourth-order valence-corrected chi connectivity index (χ4v) is 4.66. The molecule has 0 saturated heterocycles. The molecule has 1 aliphatic rings. The van der Waals surface area contributed by atoms with Gasteiger partial charge in [-0.2, -0.15) is 5.26 Å². The van der Waals surface area contributed by atoms with Gasteiger partial charge in [-0.15, -0.1) is 0 Å². The van der Waals surface area contributed by atoms with Gasteiger partial charge in [0.05, 0.1) is 12.2 Å². The van der Waals surface area contributed by atoms with Crippen LogP contribution < -0.4 is 4.74 Å². The minimum atomic E-state index is -1.50. The van der Waals surface area contributed by atoms with Crippen LogP contribution in [0.5, 0.6) is 5.75 Å². The fraction of sp³-hybridized carbons (Fsp3) is 0.533. The Morgan fingerprint density at radius 2 is 1.69 bits per heavy atom. The van der Waals surface area contributed by atoms with Gasteiger partial charge in [0.2, 0.25) is 0 Å². The lowest BCUT2D eigenvalue weighted by Crippen LogP contribution is -2.28. The Morgan fingerprint density at radius 3 is 2.34 bits per heavy atom. The zero-order chi connectivity index (χ0) is 25.0. The number of hydrogen-bond acceptors (Lipinski definition) is 4. The summed E-state index contributed by atoms with van der Waals surface area (Å²) in [4.78, 5) is 12.0. The SMILES string of the molecule is CCCCCOc1ccc(-c2ccc(C3CCC(OC(=O)[C@@H](F)CCCC)CC3)cc2)cc1C#N. The summed E-state index contributed by atoms with van der Waals surface area (Å²) in [5.41, 5.74) is 3.88. The monoisotopic (exact) mass is 479 g/mol. The van der Waals surface area contributed by atoms with Crippen molar-refractivity contribution in [3.8, 4) is 22.9 Å². The number of hydrogen-bond donors (Lipinski definition) is 0. The van der Waals surface area contributed by atoms with Gasteiger partial charge in [0.25, 0.3) is 0 Å². The number of nitriles is 1. The lowest BCUT2D eigenvalue weighted by Gasteiger charge is -2.29. The summed E-state index contributed by atoms with van der Waals surface area (Å²) >= 11 is 0. The van der Waals surface area contributed by atoms with Gasteiger partial charge in [-0.1, -0.05) is 69.9 Å². The third kappa shape index (κ3) is 7.82. The zero-order valence-corrected chi connectivity index (χ0v) is 21.1. The van der Waals surface area contributed by atoms with Crippen LogP contribution in [0.4, 0.5) is 4.39 Å². The van der Waals surface area contributed by atoms with Crippen LogP contribution >= 0.6 is 0 Å². The topological polar surface area (TPSA) is 59.3 Å². The molecule has 1 fully saturated rings. The first kappa shape index (κ1) is 26.7. The van der Waals surface area contributed by atoms with Gasteiger partial charge in [-0.25, -0.2) is 9.18 Å². The van der Waals surface area contributed by atoms with Crippen molar-refractivity contribution in [1.29, 1.82) is 5.26 Å². The molecule has 0 aromatic heterocycles. The highest BCUT2D eigenvalue weighted by Gasteiger charge is 2.27. The second-order valence-electron chi connectivity index (χ2n) is 9.52. The Morgan fingerprint density at radius 1 is 1.00 bits per heavy atom. The lowest BCUT2D eigenvalue weighted by atomic mass is 9.82. The standard InChI is InChI=1S/C30H38FNO3/c1-3-5-7-19-34-29-18-15-25(20-26(29)21-32)24-11-9-22(10-12-24)23-13-16-27(17-14-23)35-30(33)28(31)8-6-4-2/h9-12,15,18,20,23,27-28H,3-8,13-14,16-17,19H2,1-2H3/t23?,27?,28-/m0/s1. The largest absolute Gasteiger partial charge is 0.492 e. The second-order valence-corrected chi connectivity index (χ2v) is 9.52. The van der Waals surface area contributed by atoms with Gasteiger partial charge in [0.1, 0.15) is 17.9 Å². The minimum absolute atomic E-state index is 0.176. The predicted octanol–water partition coefficient (Wildman–Crippen LogP) is 7.89.